The lowest BCUT2D eigenvalue weighted by molar-refractivity contribution is -0.120. The molecule has 1 N–H and O–H groups in total. The highest BCUT2D eigenvalue weighted by atomic mass is 32.2. The van der Waals surface area contributed by atoms with E-state index in [1.807, 2.05) is 47.2 Å². The summed E-state index contributed by atoms with van der Waals surface area (Å²) in [6.07, 6.45) is 2.47. The van der Waals surface area contributed by atoms with Gasteiger partial charge < -0.3 is 10.1 Å². The molecular formula is C18H20N4O2S2. The lowest BCUT2D eigenvalue weighted by Crippen LogP contribution is -2.32. The number of benzene rings is 1. The lowest BCUT2D eigenvalue weighted by atomic mass is 10.3. The third-order valence-electron chi connectivity index (χ3n) is 3.76. The summed E-state index contributed by atoms with van der Waals surface area (Å²) in [6.45, 7) is 2.50. The molecule has 1 aromatic carbocycles. The zero-order chi connectivity index (χ0) is 18.4. The number of thioether (sulfide) groups is 1. The number of carbonyl (C=O) groups excluding carboxylic acids is 1. The first-order valence-corrected chi connectivity index (χ1v) is 9.95. The molecule has 2 heterocycles. The van der Waals surface area contributed by atoms with Crippen molar-refractivity contribution < 1.29 is 9.53 Å². The standard InChI is InChI=1S/C18H20N4O2S2/c1-13(17(23)19-10-9-14-6-5-11-25-14)26-18-21-20-12-22(18)15-7-3-4-8-16(15)24-2/h3-8,11-13H,9-10H2,1-2H3,(H,19,23). The second-order valence-corrected chi connectivity index (χ2v) is 7.88. The van der Waals surface area contributed by atoms with Gasteiger partial charge in [0, 0.05) is 11.4 Å². The summed E-state index contributed by atoms with van der Waals surface area (Å²) in [5.41, 5.74) is 0.841. The summed E-state index contributed by atoms with van der Waals surface area (Å²) in [7, 11) is 1.62. The summed E-state index contributed by atoms with van der Waals surface area (Å²) in [4.78, 5) is 13.6. The maximum absolute atomic E-state index is 12.4. The van der Waals surface area contributed by atoms with Crippen LogP contribution in [0.4, 0.5) is 0 Å². The number of carbonyl (C=O) groups is 1. The van der Waals surface area contributed by atoms with E-state index in [9.17, 15) is 4.79 Å². The Labute approximate surface area is 160 Å². The molecule has 0 aliphatic heterocycles. The highest BCUT2D eigenvalue weighted by Crippen LogP contribution is 2.28. The van der Waals surface area contributed by atoms with Crippen LogP contribution in [-0.4, -0.2) is 39.6 Å². The molecule has 136 valence electrons. The van der Waals surface area contributed by atoms with Crippen LogP contribution in [0.1, 0.15) is 11.8 Å². The highest BCUT2D eigenvalue weighted by molar-refractivity contribution is 8.00. The van der Waals surface area contributed by atoms with Crippen molar-refractivity contribution in [1.29, 1.82) is 0 Å². The van der Waals surface area contributed by atoms with E-state index in [1.165, 1.54) is 16.6 Å². The second-order valence-electron chi connectivity index (χ2n) is 5.54. The van der Waals surface area contributed by atoms with Gasteiger partial charge in [-0.25, -0.2) is 0 Å². The molecule has 0 spiro atoms. The van der Waals surface area contributed by atoms with Gasteiger partial charge in [0.2, 0.25) is 5.91 Å². The summed E-state index contributed by atoms with van der Waals surface area (Å²) in [5, 5.41) is 13.5. The molecule has 0 radical (unpaired) electrons. The normalized spacial score (nSPS) is 11.9. The third kappa shape index (κ3) is 4.44. The number of amides is 1. The second kappa shape index (κ2) is 8.86. The van der Waals surface area contributed by atoms with Crippen LogP contribution in [0.5, 0.6) is 5.75 Å². The minimum absolute atomic E-state index is 0.0128. The van der Waals surface area contributed by atoms with Crippen LogP contribution >= 0.6 is 23.1 Å². The van der Waals surface area contributed by atoms with Gasteiger partial charge in [0.1, 0.15) is 12.1 Å². The van der Waals surface area contributed by atoms with Gasteiger partial charge in [0.05, 0.1) is 18.0 Å². The van der Waals surface area contributed by atoms with Gasteiger partial charge in [0.15, 0.2) is 5.16 Å². The van der Waals surface area contributed by atoms with Gasteiger partial charge in [-0.3, -0.25) is 9.36 Å². The molecule has 0 saturated carbocycles. The largest absolute Gasteiger partial charge is 0.495 e. The fourth-order valence-corrected chi connectivity index (χ4v) is 3.99. The molecule has 0 bridgehead atoms. The molecule has 8 heteroatoms. The molecule has 3 aromatic rings. The topological polar surface area (TPSA) is 69.0 Å². The summed E-state index contributed by atoms with van der Waals surface area (Å²) < 4.78 is 7.23. The van der Waals surface area contributed by atoms with Gasteiger partial charge >= 0.3 is 0 Å². The van der Waals surface area contributed by atoms with Crippen molar-refractivity contribution in [3.8, 4) is 11.4 Å². The molecule has 1 atom stereocenters. The summed E-state index contributed by atoms with van der Waals surface area (Å²) >= 11 is 3.07. The predicted octanol–water partition coefficient (Wildman–Crippen LogP) is 3.18. The van der Waals surface area contributed by atoms with Crippen molar-refractivity contribution in [2.24, 2.45) is 0 Å². The van der Waals surface area contributed by atoms with Crippen LogP contribution in [0.25, 0.3) is 5.69 Å². The van der Waals surface area contributed by atoms with Crippen molar-refractivity contribution in [1.82, 2.24) is 20.1 Å². The van der Waals surface area contributed by atoms with Crippen LogP contribution in [0.3, 0.4) is 0 Å². The van der Waals surface area contributed by atoms with Crippen molar-refractivity contribution in [2.45, 2.75) is 23.8 Å². The average Bonchev–Trinajstić information content (AvgIpc) is 3.33. The van der Waals surface area contributed by atoms with E-state index in [2.05, 4.69) is 21.6 Å². The molecule has 3 rings (SSSR count). The molecule has 0 saturated heterocycles. The Balaban J connectivity index is 1.62. The Morgan fingerprint density at radius 3 is 2.96 bits per heavy atom. The van der Waals surface area contributed by atoms with Crippen LogP contribution in [0.2, 0.25) is 0 Å². The zero-order valence-electron chi connectivity index (χ0n) is 14.6. The summed E-state index contributed by atoms with van der Waals surface area (Å²) in [5.74, 6) is 0.711. The van der Waals surface area contributed by atoms with Gasteiger partial charge in [0.25, 0.3) is 0 Å². The number of hydrogen-bond acceptors (Lipinski definition) is 6. The first kappa shape index (κ1) is 18.5. The van der Waals surface area contributed by atoms with Gasteiger partial charge in [-0.2, -0.15) is 0 Å². The lowest BCUT2D eigenvalue weighted by Gasteiger charge is -2.13. The van der Waals surface area contributed by atoms with E-state index in [4.69, 9.17) is 4.74 Å². The Bertz CT molecular complexity index is 849. The first-order valence-electron chi connectivity index (χ1n) is 8.19. The number of hydrogen-bond donors (Lipinski definition) is 1. The Morgan fingerprint density at radius 1 is 1.35 bits per heavy atom. The van der Waals surface area contributed by atoms with E-state index in [0.29, 0.717) is 11.7 Å². The van der Waals surface area contributed by atoms with Gasteiger partial charge in [-0.1, -0.05) is 30.0 Å². The molecule has 1 unspecified atom stereocenters. The molecule has 0 fully saturated rings. The smallest absolute Gasteiger partial charge is 0.233 e. The zero-order valence-corrected chi connectivity index (χ0v) is 16.2. The van der Waals surface area contributed by atoms with Gasteiger partial charge in [-0.05, 0) is 36.9 Å². The fourth-order valence-electron chi connectivity index (χ4n) is 2.42. The van der Waals surface area contributed by atoms with E-state index >= 15 is 0 Å². The number of rotatable bonds is 8. The Hall–Kier alpha value is -2.32. The van der Waals surface area contributed by atoms with Crippen LogP contribution in [0.15, 0.2) is 53.3 Å². The average molecular weight is 389 g/mol. The van der Waals surface area contributed by atoms with Gasteiger partial charge in [-0.15, -0.1) is 21.5 Å². The number of para-hydroxylation sites is 2. The van der Waals surface area contributed by atoms with E-state index < -0.39 is 0 Å². The monoisotopic (exact) mass is 388 g/mol. The highest BCUT2D eigenvalue weighted by Gasteiger charge is 2.19. The molecule has 2 aromatic heterocycles. The Kier molecular flexibility index (Phi) is 6.30. The summed E-state index contributed by atoms with van der Waals surface area (Å²) in [6, 6.07) is 11.7. The van der Waals surface area contributed by atoms with E-state index in [0.717, 1.165) is 17.9 Å². The number of aromatic nitrogens is 3. The SMILES string of the molecule is COc1ccccc1-n1cnnc1SC(C)C(=O)NCCc1cccs1. The van der Waals surface area contributed by atoms with Crippen molar-refractivity contribution in [2.75, 3.05) is 13.7 Å². The molecule has 0 aliphatic rings. The number of nitrogens with one attached hydrogen (secondary N) is 1. The molecule has 0 aliphatic carbocycles. The van der Waals surface area contributed by atoms with Crippen LogP contribution < -0.4 is 10.1 Å². The molecular weight excluding hydrogens is 368 g/mol. The van der Waals surface area contributed by atoms with Crippen LogP contribution in [0, 0.1) is 0 Å². The predicted molar refractivity (Wildman–Crippen MR) is 104 cm³/mol. The maximum Gasteiger partial charge on any atom is 0.233 e. The van der Waals surface area contributed by atoms with Crippen molar-refractivity contribution >= 4 is 29.0 Å². The minimum atomic E-state index is -0.281. The number of nitrogens with zero attached hydrogens (tertiary/aromatic N) is 3. The Morgan fingerprint density at radius 2 is 2.19 bits per heavy atom. The third-order valence-corrected chi connectivity index (χ3v) is 5.76. The van der Waals surface area contributed by atoms with Crippen molar-refractivity contribution in [3.63, 3.8) is 0 Å². The number of thiophene rings is 1. The van der Waals surface area contributed by atoms with E-state index in [1.54, 1.807) is 24.8 Å². The fraction of sp³-hybridized carbons (Fsp3) is 0.278. The minimum Gasteiger partial charge on any atom is -0.495 e. The molecule has 26 heavy (non-hydrogen) atoms. The molecule has 6 nitrogen and oxygen atoms in total. The van der Waals surface area contributed by atoms with Crippen LogP contribution in [-0.2, 0) is 11.2 Å². The number of ether oxygens (including phenoxy) is 1. The number of methoxy groups -OCH3 is 1. The van der Waals surface area contributed by atoms with Crippen molar-refractivity contribution in [3.05, 3.63) is 53.0 Å². The van der Waals surface area contributed by atoms with E-state index in [-0.39, 0.29) is 11.2 Å². The molecule has 1 amide bonds. The maximum atomic E-state index is 12.4. The quantitative estimate of drug-likeness (QED) is 0.600. The first-order chi connectivity index (χ1) is 12.7.